The molecule has 2 rings (SSSR count). The molecule has 0 amide bonds. The van der Waals surface area contributed by atoms with E-state index in [0.717, 1.165) is 0 Å². The summed E-state index contributed by atoms with van der Waals surface area (Å²) in [4.78, 5) is 24.0. The van der Waals surface area contributed by atoms with Crippen molar-refractivity contribution in [3.8, 4) is 0 Å². The Morgan fingerprint density at radius 1 is 1.25 bits per heavy atom. The molecule has 1 saturated carbocycles. The second-order valence-electron chi connectivity index (χ2n) is 4.13. The van der Waals surface area contributed by atoms with E-state index in [1.165, 1.54) is 7.11 Å². The molecule has 1 aromatic rings. The van der Waals surface area contributed by atoms with Gasteiger partial charge in [0.1, 0.15) is 6.61 Å². The van der Waals surface area contributed by atoms with Crippen LogP contribution in [0.25, 0.3) is 0 Å². The van der Waals surface area contributed by atoms with E-state index in [1.807, 2.05) is 18.2 Å². The zero-order valence-electron chi connectivity index (χ0n) is 9.23. The summed E-state index contributed by atoms with van der Waals surface area (Å²) in [6.45, 7) is 0.0264. The summed E-state index contributed by atoms with van der Waals surface area (Å²) < 4.78 is 4.81. The first-order valence-electron chi connectivity index (χ1n) is 5.33. The lowest BCUT2D eigenvalue weighted by atomic mass is 9.91. The van der Waals surface area contributed by atoms with Crippen LogP contribution in [0.3, 0.4) is 0 Å². The van der Waals surface area contributed by atoms with Crippen LogP contribution in [-0.4, -0.2) is 25.3 Å². The zero-order valence-corrected chi connectivity index (χ0v) is 9.23. The Bertz CT molecular complexity index is 404. The Morgan fingerprint density at radius 3 is 2.38 bits per heavy atom. The van der Waals surface area contributed by atoms with Gasteiger partial charge in [-0.2, -0.15) is 0 Å². The number of ketones is 2. The summed E-state index contributed by atoms with van der Waals surface area (Å²) in [5.41, 5.74) is -0.165. The third-order valence-corrected chi connectivity index (χ3v) is 3.03. The largest absolute Gasteiger partial charge is 0.377 e. The monoisotopic (exact) mass is 218 g/mol. The number of Topliss-reactive ketones (excluding diaryl/α,β-unsaturated/α-hetero) is 2. The molecule has 0 aliphatic heterocycles. The van der Waals surface area contributed by atoms with Gasteiger partial charge in [0.2, 0.25) is 0 Å². The molecule has 3 nitrogen and oxygen atoms in total. The maximum Gasteiger partial charge on any atom is 0.176 e. The van der Waals surface area contributed by atoms with Crippen molar-refractivity contribution in [2.24, 2.45) is 5.41 Å². The van der Waals surface area contributed by atoms with Crippen LogP contribution in [0.1, 0.15) is 23.2 Å². The average molecular weight is 218 g/mol. The number of methoxy groups -OCH3 is 1. The number of rotatable bonds is 5. The molecule has 1 fully saturated rings. The highest BCUT2D eigenvalue weighted by molar-refractivity contribution is 6.17. The van der Waals surface area contributed by atoms with Crippen molar-refractivity contribution < 1.29 is 14.3 Å². The van der Waals surface area contributed by atoms with Crippen LogP contribution in [0.15, 0.2) is 30.3 Å². The summed E-state index contributed by atoms with van der Waals surface area (Å²) in [5, 5.41) is 0. The van der Waals surface area contributed by atoms with E-state index in [9.17, 15) is 9.59 Å². The van der Waals surface area contributed by atoms with E-state index in [2.05, 4.69) is 0 Å². The molecule has 0 bridgehead atoms. The minimum atomic E-state index is -0.780. The van der Waals surface area contributed by atoms with Crippen molar-refractivity contribution >= 4 is 11.6 Å². The maximum absolute atomic E-state index is 12.2. The molecule has 0 spiro atoms. The molecule has 3 heteroatoms. The van der Waals surface area contributed by atoms with Gasteiger partial charge in [0, 0.05) is 12.7 Å². The predicted octanol–water partition coefficient (Wildman–Crippen LogP) is 1.87. The molecule has 1 aromatic carbocycles. The topological polar surface area (TPSA) is 43.4 Å². The van der Waals surface area contributed by atoms with Gasteiger partial charge < -0.3 is 4.74 Å². The standard InChI is InChI=1S/C13H14O3/c1-16-9-11(14)13(7-8-13)12(15)10-5-3-2-4-6-10/h2-6H,7-9H2,1H3. The summed E-state index contributed by atoms with van der Waals surface area (Å²) in [6.07, 6.45) is 1.31. The Hall–Kier alpha value is -1.48. The molecule has 84 valence electrons. The van der Waals surface area contributed by atoms with Gasteiger partial charge in [0.05, 0.1) is 5.41 Å². The van der Waals surface area contributed by atoms with E-state index < -0.39 is 5.41 Å². The highest BCUT2D eigenvalue weighted by atomic mass is 16.5. The quantitative estimate of drug-likeness (QED) is 0.559. The highest BCUT2D eigenvalue weighted by Gasteiger charge is 2.55. The van der Waals surface area contributed by atoms with Crippen molar-refractivity contribution in [2.45, 2.75) is 12.8 Å². The highest BCUT2D eigenvalue weighted by Crippen LogP contribution is 2.49. The number of benzene rings is 1. The smallest absolute Gasteiger partial charge is 0.176 e. The van der Waals surface area contributed by atoms with Gasteiger partial charge in [-0.1, -0.05) is 30.3 Å². The van der Waals surface area contributed by atoms with Crippen molar-refractivity contribution in [1.29, 1.82) is 0 Å². The van der Waals surface area contributed by atoms with Gasteiger partial charge in [-0.05, 0) is 12.8 Å². The second-order valence-corrected chi connectivity index (χ2v) is 4.13. The van der Waals surface area contributed by atoms with Crippen LogP contribution in [0.5, 0.6) is 0 Å². The van der Waals surface area contributed by atoms with E-state index in [-0.39, 0.29) is 18.2 Å². The van der Waals surface area contributed by atoms with Crippen LogP contribution in [0, 0.1) is 5.41 Å². The Balaban J connectivity index is 2.20. The number of hydrogen-bond donors (Lipinski definition) is 0. The third-order valence-electron chi connectivity index (χ3n) is 3.03. The zero-order chi connectivity index (χ0) is 11.6. The van der Waals surface area contributed by atoms with Crippen molar-refractivity contribution in [3.05, 3.63) is 35.9 Å². The van der Waals surface area contributed by atoms with E-state index >= 15 is 0 Å². The van der Waals surface area contributed by atoms with Crippen molar-refractivity contribution in [2.75, 3.05) is 13.7 Å². The summed E-state index contributed by atoms with van der Waals surface area (Å²) in [7, 11) is 1.47. The van der Waals surface area contributed by atoms with Gasteiger partial charge in [-0.25, -0.2) is 0 Å². The van der Waals surface area contributed by atoms with Crippen LogP contribution < -0.4 is 0 Å². The molecule has 0 atom stereocenters. The fraction of sp³-hybridized carbons (Fsp3) is 0.385. The van der Waals surface area contributed by atoms with Crippen molar-refractivity contribution in [3.63, 3.8) is 0 Å². The van der Waals surface area contributed by atoms with Crippen molar-refractivity contribution in [1.82, 2.24) is 0 Å². The molecule has 1 aliphatic rings. The first kappa shape index (κ1) is 11.0. The minimum Gasteiger partial charge on any atom is -0.377 e. The number of carbonyl (C=O) groups excluding carboxylic acids is 2. The second kappa shape index (κ2) is 4.18. The Morgan fingerprint density at radius 2 is 1.88 bits per heavy atom. The normalized spacial score (nSPS) is 16.8. The molecule has 1 aliphatic carbocycles. The van der Waals surface area contributed by atoms with E-state index in [1.54, 1.807) is 12.1 Å². The lowest BCUT2D eigenvalue weighted by Crippen LogP contribution is -2.29. The molecule has 0 radical (unpaired) electrons. The van der Waals surface area contributed by atoms with Gasteiger partial charge in [0.15, 0.2) is 11.6 Å². The molecule has 0 N–H and O–H groups in total. The summed E-state index contributed by atoms with van der Waals surface area (Å²) >= 11 is 0. The summed E-state index contributed by atoms with van der Waals surface area (Å²) in [5.74, 6) is -0.154. The number of ether oxygens (including phenoxy) is 1. The van der Waals surface area contributed by atoms with Crippen LogP contribution in [0.4, 0.5) is 0 Å². The number of hydrogen-bond acceptors (Lipinski definition) is 3. The lowest BCUT2D eigenvalue weighted by molar-refractivity contribution is -0.126. The molecule has 16 heavy (non-hydrogen) atoms. The molecular weight excluding hydrogens is 204 g/mol. The minimum absolute atomic E-state index is 0.0264. The van der Waals surface area contributed by atoms with E-state index in [0.29, 0.717) is 18.4 Å². The van der Waals surface area contributed by atoms with Gasteiger partial charge in [-0.15, -0.1) is 0 Å². The van der Waals surface area contributed by atoms with Gasteiger partial charge in [0.25, 0.3) is 0 Å². The average Bonchev–Trinajstić information content (AvgIpc) is 3.11. The van der Waals surface area contributed by atoms with Crippen LogP contribution >= 0.6 is 0 Å². The molecule has 0 unspecified atom stereocenters. The molecule has 0 aromatic heterocycles. The third kappa shape index (κ3) is 1.78. The molecule has 0 heterocycles. The Labute approximate surface area is 94.4 Å². The predicted molar refractivity (Wildman–Crippen MR) is 59.3 cm³/mol. The molecular formula is C13H14O3. The number of carbonyl (C=O) groups is 2. The van der Waals surface area contributed by atoms with Gasteiger partial charge >= 0.3 is 0 Å². The van der Waals surface area contributed by atoms with E-state index in [4.69, 9.17) is 4.74 Å². The maximum atomic E-state index is 12.2. The summed E-state index contributed by atoms with van der Waals surface area (Å²) in [6, 6.07) is 8.98. The SMILES string of the molecule is COCC(=O)C1(C(=O)c2ccccc2)CC1. The van der Waals surface area contributed by atoms with Gasteiger partial charge in [-0.3, -0.25) is 9.59 Å². The fourth-order valence-electron chi connectivity index (χ4n) is 1.89. The first-order chi connectivity index (χ1) is 7.70. The lowest BCUT2D eigenvalue weighted by Gasteiger charge is -2.11. The first-order valence-corrected chi connectivity index (χ1v) is 5.33. The van der Waals surface area contributed by atoms with Crippen LogP contribution in [-0.2, 0) is 9.53 Å². The molecule has 0 saturated heterocycles. The Kier molecular flexibility index (Phi) is 2.88. The van der Waals surface area contributed by atoms with Crippen LogP contribution in [0.2, 0.25) is 0 Å². The fourth-order valence-corrected chi connectivity index (χ4v) is 1.89.